The molecule has 0 saturated heterocycles. The van der Waals surface area contributed by atoms with E-state index in [-0.39, 0.29) is 22.5 Å². The average molecular weight is 393 g/mol. The third-order valence-corrected chi connectivity index (χ3v) is 5.46. The molecule has 0 bridgehead atoms. The second-order valence-corrected chi connectivity index (χ2v) is 9.09. The predicted octanol–water partition coefficient (Wildman–Crippen LogP) is 4.53. The third kappa shape index (κ3) is 5.54. The van der Waals surface area contributed by atoms with Crippen molar-refractivity contribution in [1.29, 1.82) is 0 Å². The largest absolute Gasteiger partial charge is 0.350 e. The van der Waals surface area contributed by atoms with E-state index in [2.05, 4.69) is 29.4 Å². The van der Waals surface area contributed by atoms with Gasteiger partial charge in [0.15, 0.2) is 11.0 Å². The molecule has 27 heavy (non-hydrogen) atoms. The number of hydrogen-bond donors (Lipinski definition) is 1. The van der Waals surface area contributed by atoms with Gasteiger partial charge in [0.1, 0.15) is 5.82 Å². The lowest BCUT2D eigenvalue weighted by molar-refractivity contribution is -0.121. The van der Waals surface area contributed by atoms with Crippen molar-refractivity contribution in [1.82, 2.24) is 20.1 Å². The Bertz CT molecular complexity index is 788. The molecule has 148 valence electrons. The number of carbonyl (C=O) groups is 1. The highest BCUT2D eigenvalue weighted by Crippen LogP contribution is 2.29. The monoisotopic (exact) mass is 392 g/mol. The van der Waals surface area contributed by atoms with Crippen LogP contribution in [0.25, 0.3) is 11.4 Å². The van der Waals surface area contributed by atoms with Crippen LogP contribution in [0.3, 0.4) is 0 Å². The van der Waals surface area contributed by atoms with Gasteiger partial charge in [-0.3, -0.25) is 4.79 Å². The number of nitrogens with zero attached hydrogens (tertiary/aromatic N) is 3. The lowest BCUT2D eigenvalue weighted by atomic mass is 10.0. The Morgan fingerprint density at radius 1 is 1.26 bits per heavy atom. The van der Waals surface area contributed by atoms with E-state index in [9.17, 15) is 9.18 Å². The lowest BCUT2D eigenvalue weighted by Gasteiger charge is -2.26. The van der Waals surface area contributed by atoms with Crippen molar-refractivity contribution in [3.63, 3.8) is 0 Å². The summed E-state index contributed by atoms with van der Waals surface area (Å²) in [5, 5.41) is 11.8. The maximum Gasteiger partial charge on any atom is 0.233 e. The van der Waals surface area contributed by atoms with Crippen molar-refractivity contribution in [2.75, 3.05) is 0 Å². The molecule has 1 aromatic heterocycles. The fourth-order valence-corrected chi connectivity index (χ4v) is 3.34. The van der Waals surface area contributed by atoms with Gasteiger partial charge in [-0.1, -0.05) is 44.7 Å². The van der Waals surface area contributed by atoms with E-state index in [0.29, 0.717) is 29.0 Å². The normalized spacial score (nSPS) is 13.0. The molecule has 5 nitrogen and oxygen atoms in total. The van der Waals surface area contributed by atoms with Gasteiger partial charge in [-0.25, -0.2) is 4.39 Å². The van der Waals surface area contributed by atoms with Crippen LogP contribution in [0.5, 0.6) is 0 Å². The number of thioether (sulfide) groups is 1. The molecule has 0 fully saturated rings. The minimum absolute atomic E-state index is 0.0432. The highest BCUT2D eigenvalue weighted by atomic mass is 32.2. The number of nitrogens with one attached hydrogen (secondary N) is 1. The zero-order valence-electron chi connectivity index (χ0n) is 16.9. The fraction of sp³-hybridized carbons (Fsp3) is 0.550. The van der Waals surface area contributed by atoms with E-state index in [1.165, 1.54) is 17.8 Å². The molecule has 2 rings (SSSR count). The minimum atomic E-state index is -0.334. The molecule has 0 saturated carbocycles. The molecular formula is C20H29FN4OS. The number of benzene rings is 1. The molecule has 1 heterocycles. The topological polar surface area (TPSA) is 59.8 Å². The molecule has 1 atom stereocenters. The summed E-state index contributed by atoms with van der Waals surface area (Å²) in [6.45, 7) is 12.7. The van der Waals surface area contributed by atoms with Gasteiger partial charge in [0, 0.05) is 12.1 Å². The molecule has 1 aromatic carbocycles. The highest BCUT2D eigenvalue weighted by molar-refractivity contribution is 8.00. The van der Waals surface area contributed by atoms with Gasteiger partial charge >= 0.3 is 0 Å². The molecule has 1 N–H and O–H groups in total. The third-order valence-electron chi connectivity index (χ3n) is 4.38. The van der Waals surface area contributed by atoms with Gasteiger partial charge in [0.05, 0.1) is 10.8 Å². The van der Waals surface area contributed by atoms with Gasteiger partial charge in [-0.05, 0) is 45.2 Å². The van der Waals surface area contributed by atoms with Gasteiger partial charge in [-0.15, -0.1) is 10.2 Å². The predicted molar refractivity (Wildman–Crippen MR) is 108 cm³/mol. The minimum Gasteiger partial charge on any atom is -0.350 e. The molecular weight excluding hydrogens is 363 g/mol. The van der Waals surface area contributed by atoms with Crippen molar-refractivity contribution in [3.8, 4) is 11.4 Å². The summed E-state index contributed by atoms with van der Waals surface area (Å²) >= 11 is 1.35. The summed E-state index contributed by atoms with van der Waals surface area (Å²) < 4.78 is 16.2. The first-order valence-electron chi connectivity index (χ1n) is 9.31. The van der Waals surface area contributed by atoms with Crippen LogP contribution in [0.15, 0.2) is 29.4 Å². The van der Waals surface area contributed by atoms with Gasteiger partial charge in [0.2, 0.25) is 5.91 Å². The van der Waals surface area contributed by atoms with Crippen LogP contribution in [0.4, 0.5) is 4.39 Å². The Balaban J connectivity index is 2.29. The van der Waals surface area contributed by atoms with Gasteiger partial charge in [0.25, 0.3) is 0 Å². The molecule has 0 radical (unpaired) electrons. The van der Waals surface area contributed by atoms with Crippen molar-refractivity contribution in [2.45, 2.75) is 70.5 Å². The van der Waals surface area contributed by atoms with Gasteiger partial charge < -0.3 is 9.88 Å². The Morgan fingerprint density at radius 2 is 1.93 bits per heavy atom. The van der Waals surface area contributed by atoms with Gasteiger partial charge in [-0.2, -0.15) is 0 Å². The second kappa shape index (κ2) is 8.87. The van der Waals surface area contributed by atoms with Crippen LogP contribution < -0.4 is 5.32 Å². The SMILES string of the molecule is CCC(C)(C)NC(=O)C(C)Sc1nnc(-c2ccccc2F)n1CC(C)C. The number of rotatable bonds is 8. The average Bonchev–Trinajstić information content (AvgIpc) is 2.96. The summed E-state index contributed by atoms with van der Waals surface area (Å²) in [5.41, 5.74) is 0.164. The summed E-state index contributed by atoms with van der Waals surface area (Å²) in [5.74, 6) is 0.445. The first-order chi connectivity index (χ1) is 12.6. The number of carbonyl (C=O) groups excluding carboxylic acids is 1. The number of halogens is 1. The van der Waals surface area contributed by atoms with Crippen LogP contribution in [0, 0.1) is 11.7 Å². The Hall–Kier alpha value is -1.89. The van der Waals surface area contributed by atoms with E-state index in [0.717, 1.165) is 6.42 Å². The van der Waals surface area contributed by atoms with E-state index >= 15 is 0 Å². The molecule has 1 unspecified atom stereocenters. The van der Waals surface area contributed by atoms with Crippen molar-refractivity contribution >= 4 is 17.7 Å². The molecule has 1 amide bonds. The van der Waals surface area contributed by atoms with E-state index in [1.807, 2.05) is 32.3 Å². The standard InChI is InChI=1S/C20H29FN4OS/c1-7-20(5,6)22-18(26)14(4)27-19-24-23-17(25(19)12-13(2)3)15-10-8-9-11-16(15)21/h8-11,13-14H,7,12H2,1-6H3,(H,22,26). The summed E-state index contributed by atoms with van der Waals surface area (Å²) in [4.78, 5) is 12.5. The van der Waals surface area contributed by atoms with Crippen molar-refractivity contribution in [2.24, 2.45) is 5.92 Å². The van der Waals surface area contributed by atoms with Crippen LogP contribution in [-0.2, 0) is 11.3 Å². The van der Waals surface area contributed by atoms with E-state index < -0.39 is 0 Å². The quantitative estimate of drug-likeness (QED) is 0.671. The van der Waals surface area contributed by atoms with Crippen LogP contribution >= 0.6 is 11.8 Å². The smallest absolute Gasteiger partial charge is 0.233 e. The molecule has 0 aliphatic heterocycles. The lowest BCUT2D eigenvalue weighted by Crippen LogP contribution is -2.46. The Labute approximate surface area is 165 Å². The zero-order chi connectivity index (χ0) is 20.2. The number of amides is 1. The number of aromatic nitrogens is 3. The summed E-state index contributed by atoms with van der Waals surface area (Å²) in [6.07, 6.45) is 0.844. The van der Waals surface area contributed by atoms with Crippen molar-refractivity contribution in [3.05, 3.63) is 30.1 Å². The van der Waals surface area contributed by atoms with E-state index in [4.69, 9.17) is 0 Å². The maximum absolute atomic E-state index is 14.3. The van der Waals surface area contributed by atoms with E-state index in [1.54, 1.807) is 18.2 Å². The number of hydrogen-bond acceptors (Lipinski definition) is 4. The molecule has 0 aliphatic carbocycles. The maximum atomic E-state index is 14.3. The van der Waals surface area contributed by atoms with Crippen LogP contribution in [0.2, 0.25) is 0 Å². The second-order valence-electron chi connectivity index (χ2n) is 7.78. The Kier molecular flexibility index (Phi) is 7.03. The van der Waals surface area contributed by atoms with Crippen LogP contribution in [0.1, 0.15) is 48.0 Å². The first kappa shape index (κ1) is 21.4. The highest BCUT2D eigenvalue weighted by Gasteiger charge is 2.25. The molecule has 7 heteroatoms. The van der Waals surface area contributed by atoms with Crippen LogP contribution in [-0.4, -0.2) is 31.5 Å². The molecule has 2 aromatic rings. The summed E-state index contributed by atoms with van der Waals surface area (Å²) in [7, 11) is 0. The zero-order valence-corrected chi connectivity index (χ0v) is 17.7. The molecule has 0 aliphatic rings. The van der Waals surface area contributed by atoms with Crippen molar-refractivity contribution < 1.29 is 9.18 Å². The Morgan fingerprint density at radius 3 is 2.52 bits per heavy atom. The first-order valence-corrected chi connectivity index (χ1v) is 10.2. The summed E-state index contributed by atoms with van der Waals surface area (Å²) in [6, 6.07) is 6.55. The fourth-order valence-electron chi connectivity index (χ4n) is 2.48. The molecule has 0 spiro atoms.